The van der Waals surface area contributed by atoms with Gasteiger partial charge in [-0.15, -0.1) is 0 Å². The SMILES string of the molecule is COC(=O)c1ccc(N)c(N)c1C(=O)O. The van der Waals surface area contributed by atoms with Crippen molar-refractivity contribution in [3.05, 3.63) is 23.3 Å². The van der Waals surface area contributed by atoms with Crippen molar-refractivity contribution in [1.29, 1.82) is 0 Å². The van der Waals surface area contributed by atoms with Gasteiger partial charge in [0.05, 0.1) is 29.6 Å². The molecule has 0 amide bonds. The smallest absolute Gasteiger partial charge is 0.338 e. The first-order chi connectivity index (χ1) is 6.99. The molecule has 0 aromatic heterocycles. The molecule has 6 heteroatoms. The lowest BCUT2D eigenvalue weighted by Gasteiger charge is -2.08. The number of ether oxygens (including phenoxy) is 1. The summed E-state index contributed by atoms with van der Waals surface area (Å²) in [6.45, 7) is 0. The third-order valence-corrected chi connectivity index (χ3v) is 1.90. The first-order valence-corrected chi connectivity index (χ1v) is 3.98. The van der Waals surface area contributed by atoms with E-state index in [1.54, 1.807) is 0 Å². The monoisotopic (exact) mass is 210 g/mol. The van der Waals surface area contributed by atoms with Gasteiger partial charge in [0.1, 0.15) is 0 Å². The van der Waals surface area contributed by atoms with Gasteiger partial charge in [0, 0.05) is 0 Å². The second kappa shape index (κ2) is 3.87. The van der Waals surface area contributed by atoms with E-state index >= 15 is 0 Å². The summed E-state index contributed by atoms with van der Waals surface area (Å²) in [7, 11) is 1.15. The molecular weight excluding hydrogens is 200 g/mol. The molecule has 0 atom stereocenters. The van der Waals surface area contributed by atoms with Crippen LogP contribution in [-0.4, -0.2) is 24.2 Å². The summed E-state index contributed by atoms with van der Waals surface area (Å²) in [5, 5.41) is 8.87. The Labute approximate surface area is 85.4 Å². The largest absolute Gasteiger partial charge is 0.478 e. The maximum atomic E-state index is 11.2. The van der Waals surface area contributed by atoms with Crippen LogP contribution in [-0.2, 0) is 4.74 Å². The van der Waals surface area contributed by atoms with Crippen LogP contribution in [0, 0.1) is 0 Å². The van der Waals surface area contributed by atoms with E-state index in [0.717, 1.165) is 7.11 Å². The number of carboxylic acid groups (broad SMARTS) is 1. The van der Waals surface area contributed by atoms with Crippen molar-refractivity contribution < 1.29 is 19.4 Å². The first kappa shape index (κ1) is 10.8. The van der Waals surface area contributed by atoms with Crippen LogP contribution < -0.4 is 11.5 Å². The van der Waals surface area contributed by atoms with E-state index in [-0.39, 0.29) is 22.5 Å². The van der Waals surface area contributed by atoms with Gasteiger partial charge < -0.3 is 21.3 Å². The molecule has 0 fully saturated rings. The summed E-state index contributed by atoms with van der Waals surface area (Å²) < 4.78 is 4.42. The number of esters is 1. The Morgan fingerprint density at radius 1 is 1.33 bits per heavy atom. The van der Waals surface area contributed by atoms with Gasteiger partial charge in [-0.1, -0.05) is 0 Å². The molecule has 80 valence electrons. The van der Waals surface area contributed by atoms with Gasteiger partial charge in [-0.3, -0.25) is 0 Å². The number of carboxylic acids is 1. The minimum absolute atomic E-state index is 0.111. The molecule has 1 rings (SSSR count). The van der Waals surface area contributed by atoms with Crippen LogP contribution in [0.3, 0.4) is 0 Å². The summed E-state index contributed by atoms with van der Waals surface area (Å²) >= 11 is 0. The number of rotatable bonds is 2. The lowest BCUT2D eigenvalue weighted by atomic mass is 10.0. The van der Waals surface area contributed by atoms with Crippen LogP contribution in [0.1, 0.15) is 20.7 Å². The van der Waals surface area contributed by atoms with Gasteiger partial charge in [-0.25, -0.2) is 9.59 Å². The average molecular weight is 210 g/mol. The number of nitrogen functional groups attached to an aromatic ring is 2. The van der Waals surface area contributed by atoms with Crippen LogP contribution in [0.25, 0.3) is 0 Å². The first-order valence-electron chi connectivity index (χ1n) is 3.98. The molecule has 0 aliphatic rings. The van der Waals surface area contributed by atoms with E-state index in [9.17, 15) is 9.59 Å². The third kappa shape index (κ3) is 1.83. The molecular formula is C9H10N2O4. The normalized spacial score (nSPS) is 9.67. The lowest BCUT2D eigenvalue weighted by Crippen LogP contribution is -2.14. The van der Waals surface area contributed by atoms with Crippen LogP contribution >= 0.6 is 0 Å². The van der Waals surface area contributed by atoms with Crippen molar-refractivity contribution in [3.63, 3.8) is 0 Å². The maximum absolute atomic E-state index is 11.2. The number of benzene rings is 1. The Bertz CT molecular complexity index is 428. The lowest BCUT2D eigenvalue weighted by molar-refractivity contribution is 0.0583. The number of nitrogens with two attached hydrogens (primary N) is 2. The second-order valence-corrected chi connectivity index (χ2v) is 2.79. The van der Waals surface area contributed by atoms with E-state index in [4.69, 9.17) is 16.6 Å². The molecule has 0 unspecified atom stereocenters. The highest BCUT2D eigenvalue weighted by molar-refractivity contribution is 6.07. The molecule has 15 heavy (non-hydrogen) atoms. The number of methoxy groups -OCH3 is 1. The quantitative estimate of drug-likeness (QED) is 0.478. The van der Waals surface area contributed by atoms with Crippen molar-refractivity contribution in [3.8, 4) is 0 Å². The van der Waals surface area contributed by atoms with E-state index in [0.29, 0.717) is 0 Å². The van der Waals surface area contributed by atoms with E-state index in [1.807, 2.05) is 0 Å². The molecule has 0 spiro atoms. The molecule has 5 N–H and O–H groups in total. The van der Waals surface area contributed by atoms with Gasteiger partial charge in [-0.05, 0) is 12.1 Å². The highest BCUT2D eigenvalue weighted by atomic mass is 16.5. The molecule has 0 heterocycles. The molecule has 6 nitrogen and oxygen atoms in total. The molecule has 0 saturated carbocycles. The highest BCUT2D eigenvalue weighted by Gasteiger charge is 2.21. The standard InChI is InChI=1S/C9H10N2O4/c1-15-9(14)4-2-3-5(10)7(11)6(4)8(12)13/h2-3H,10-11H2,1H3,(H,12,13). The zero-order chi connectivity index (χ0) is 11.6. The van der Waals surface area contributed by atoms with Gasteiger partial charge in [0.2, 0.25) is 0 Å². The summed E-state index contributed by atoms with van der Waals surface area (Å²) in [4.78, 5) is 22.1. The molecule has 0 bridgehead atoms. The Hall–Kier alpha value is -2.24. The van der Waals surface area contributed by atoms with E-state index in [2.05, 4.69) is 4.74 Å². The summed E-state index contributed by atoms with van der Waals surface area (Å²) in [6, 6.07) is 2.62. The number of hydrogen-bond acceptors (Lipinski definition) is 5. The van der Waals surface area contributed by atoms with Crippen LogP contribution in [0.4, 0.5) is 11.4 Å². The summed E-state index contributed by atoms with van der Waals surface area (Å²) in [5.41, 5.74) is 10.4. The fourth-order valence-electron chi connectivity index (χ4n) is 1.15. The fraction of sp³-hybridized carbons (Fsp3) is 0.111. The zero-order valence-corrected chi connectivity index (χ0v) is 7.98. The number of hydrogen-bond donors (Lipinski definition) is 3. The van der Waals surface area contributed by atoms with Crippen molar-refractivity contribution in [2.45, 2.75) is 0 Å². The average Bonchev–Trinajstić information content (AvgIpc) is 2.20. The van der Waals surface area contributed by atoms with Crippen molar-refractivity contribution in [2.75, 3.05) is 18.6 Å². The maximum Gasteiger partial charge on any atom is 0.338 e. The number of anilines is 2. The molecule has 0 radical (unpaired) electrons. The fourth-order valence-corrected chi connectivity index (χ4v) is 1.15. The van der Waals surface area contributed by atoms with Crippen molar-refractivity contribution >= 4 is 23.3 Å². The molecule has 0 aliphatic heterocycles. The van der Waals surface area contributed by atoms with Crippen molar-refractivity contribution in [2.24, 2.45) is 0 Å². The Balaban J connectivity index is 3.46. The number of carbonyl (C=O) groups is 2. The molecule has 0 aliphatic carbocycles. The van der Waals surface area contributed by atoms with Gasteiger partial charge in [0.25, 0.3) is 0 Å². The predicted octanol–water partition coefficient (Wildman–Crippen LogP) is 0.336. The minimum Gasteiger partial charge on any atom is -0.478 e. The molecule has 1 aromatic carbocycles. The molecule has 0 saturated heterocycles. The van der Waals surface area contributed by atoms with Crippen LogP contribution in [0.5, 0.6) is 0 Å². The number of carbonyl (C=O) groups excluding carboxylic acids is 1. The highest BCUT2D eigenvalue weighted by Crippen LogP contribution is 2.24. The minimum atomic E-state index is -1.32. The van der Waals surface area contributed by atoms with Crippen molar-refractivity contribution in [1.82, 2.24) is 0 Å². The summed E-state index contributed by atoms with van der Waals surface area (Å²) in [5.74, 6) is -2.08. The third-order valence-electron chi connectivity index (χ3n) is 1.90. The van der Waals surface area contributed by atoms with Gasteiger partial charge in [-0.2, -0.15) is 0 Å². The van der Waals surface area contributed by atoms with Gasteiger partial charge >= 0.3 is 11.9 Å². The van der Waals surface area contributed by atoms with Gasteiger partial charge in [0.15, 0.2) is 0 Å². The Morgan fingerprint density at radius 3 is 2.40 bits per heavy atom. The number of aromatic carboxylic acids is 1. The van der Waals surface area contributed by atoms with E-state index < -0.39 is 11.9 Å². The van der Waals surface area contributed by atoms with E-state index in [1.165, 1.54) is 12.1 Å². The molecule has 1 aromatic rings. The predicted molar refractivity (Wildman–Crippen MR) is 53.6 cm³/mol. The Morgan fingerprint density at radius 2 is 1.93 bits per heavy atom. The zero-order valence-electron chi connectivity index (χ0n) is 7.98. The summed E-state index contributed by atoms with van der Waals surface area (Å²) in [6.07, 6.45) is 0. The van der Waals surface area contributed by atoms with Crippen LogP contribution in [0.2, 0.25) is 0 Å². The topological polar surface area (TPSA) is 116 Å². The Kier molecular flexibility index (Phi) is 2.80. The second-order valence-electron chi connectivity index (χ2n) is 2.79. The van der Waals surface area contributed by atoms with Crippen LogP contribution in [0.15, 0.2) is 12.1 Å².